The van der Waals surface area contributed by atoms with Gasteiger partial charge in [-0.1, -0.05) is 145 Å². The Bertz CT molecular complexity index is 2660. The van der Waals surface area contributed by atoms with Gasteiger partial charge in [0.05, 0.1) is 5.48 Å². The third kappa shape index (κ3) is 4.24. The van der Waals surface area contributed by atoms with Gasteiger partial charge < -0.3 is 4.42 Å². The minimum atomic E-state index is -0.0851. The molecular weight excluding hydrogens is 544 g/mol. The average Bonchev–Trinajstić information content (AvgIpc) is 3.52. The van der Waals surface area contributed by atoms with Crippen LogP contribution in [-0.4, -0.2) is 0 Å². The van der Waals surface area contributed by atoms with E-state index in [2.05, 4.69) is 48.5 Å². The normalized spacial score (nSPS) is 12.8. The first-order valence-electron chi connectivity index (χ1n) is 17.1. The average molecular weight is 577 g/mol. The van der Waals surface area contributed by atoms with E-state index in [1.54, 1.807) is 0 Å². The van der Waals surface area contributed by atoms with Gasteiger partial charge in [0, 0.05) is 10.8 Å². The van der Waals surface area contributed by atoms with Gasteiger partial charge in [0.2, 0.25) is 0 Å². The van der Waals surface area contributed by atoms with Crippen LogP contribution in [0.2, 0.25) is 0 Å². The van der Waals surface area contributed by atoms with Crippen molar-refractivity contribution in [2.75, 3.05) is 0 Å². The maximum absolute atomic E-state index is 9.37. The van der Waals surface area contributed by atoms with E-state index in [-0.39, 0.29) is 29.7 Å². The van der Waals surface area contributed by atoms with Crippen molar-refractivity contribution in [2.45, 2.75) is 0 Å². The second-order valence-electron chi connectivity index (χ2n) is 11.3. The second-order valence-corrected chi connectivity index (χ2v) is 11.3. The van der Waals surface area contributed by atoms with Gasteiger partial charge in [-0.3, -0.25) is 0 Å². The van der Waals surface area contributed by atoms with Crippen LogP contribution in [0.1, 0.15) is 5.48 Å². The third-order valence-electron chi connectivity index (χ3n) is 8.74. The lowest BCUT2D eigenvalue weighted by Gasteiger charge is -2.18. The highest BCUT2D eigenvalue weighted by molar-refractivity contribution is 6.21. The van der Waals surface area contributed by atoms with E-state index in [9.17, 15) is 5.48 Å². The molecule has 8 aromatic carbocycles. The summed E-state index contributed by atoms with van der Waals surface area (Å²) >= 11 is 0. The molecule has 0 saturated heterocycles. The molecule has 1 heterocycles. The van der Waals surface area contributed by atoms with Gasteiger partial charge in [0.25, 0.3) is 0 Å². The SMILES string of the molecule is [2H]c1c([2H])c(-c2c3ccccc3c(-c3ccccc3)c3ccccc23)c([2H])c([2H])c1-c1ccc2c(c1)oc1cc(-c3ccccc3)ccc12. The second kappa shape index (κ2) is 10.4. The van der Waals surface area contributed by atoms with Crippen LogP contribution in [0, 0.1) is 0 Å². The van der Waals surface area contributed by atoms with Gasteiger partial charge in [-0.25, -0.2) is 0 Å². The van der Waals surface area contributed by atoms with Crippen LogP contribution in [0.5, 0.6) is 0 Å². The molecular formula is C44H28O. The topological polar surface area (TPSA) is 13.1 Å². The molecule has 9 aromatic rings. The number of hydrogen-bond acceptors (Lipinski definition) is 1. The van der Waals surface area contributed by atoms with E-state index in [0.717, 1.165) is 60.2 Å². The molecule has 0 saturated carbocycles. The molecule has 0 fully saturated rings. The van der Waals surface area contributed by atoms with Crippen molar-refractivity contribution >= 4 is 43.5 Å². The summed E-state index contributed by atoms with van der Waals surface area (Å²) in [5.74, 6) is 0. The van der Waals surface area contributed by atoms with E-state index < -0.39 is 0 Å². The minimum Gasteiger partial charge on any atom is -0.456 e. The Morgan fingerprint density at radius 1 is 0.311 bits per heavy atom. The summed E-state index contributed by atoms with van der Waals surface area (Å²) < 4.78 is 43.6. The largest absolute Gasteiger partial charge is 0.456 e. The predicted octanol–water partition coefficient (Wildman–Crippen LogP) is 12.6. The van der Waals surface area contributed by atoms with E-state index >= 15 is 0 Å². The fourth-order valence-electron chi connectivity index (χ4n) is 6.64. The highest BCUT2D eigenvalue weighted by Crippen LogP contribution is 2.44. The Balaban J connectivity index is 1.25. The van der Waals surface area contributed by atoms with Gasteiger partial charge in [-0.15, -0.1) is 0 Å². The Morgan fingerprint density at radius 3 is 1.22 bits per heavy atom. The number of furan rings is 1. The summed E-state index contributed by atoms with van der Waals surface area (Å²) in [4.78, 5) is 0. The summed E-state index contributed by atoms with van der Waals surface area (Å²) in [5.41, 5.74) is 7.52. The summed E-state index contributed by atoms with van der Waals surface area (Å²) in [6.07, 6.45) is 0. The van der Waals surface area contributed by atoms with Crippen LogP contribution in [0.15, 0.2) is 174 Å². The molecule has 0 amide bonds. The van der Waals surface area contributed by atoms with E-state index in [0.29, 0.717) is 22.3 Å². The molecule has 9 rings (SSSR count). The fourth-order valence-corrected chi connectivity index (χ4v) is 6.64. The van der Waals surface area contributed by atoms with Crippen molar-refractivity contribution in [1.29, 1.82) is 0 Å². The van der Waals surface area contributed by atoms with Crippen molar-refractivity contribution in [3.8, 4) is 44.5 Å². The lowest BCUT2D eigenvalue weighted by Crippen LogP contribution is -1.90. The molecule has 0 bridgehead atoms. The lowest BCUT2D eigenvalue weighted by atomic mass is 9.86. The van der Waals surface area contributed by atoms with Crippen LogP contribution < -0.4 is 0 Å². The molecule has 0 unspecified atom stereocenters. The molecule has 0 N–H and O–H groups in total. The number of benzene rings is 8. The zero-order valence-corrected chi connectivity index (χ0v) is 24.3. The first-order chi connectivity index (χ1) is 24.0. The van der Waals surface area contributed by atoms with Crippen molar-refractivity contribution in [3.05, 3.63) is 170 Å². The van der Waals surface area contributed by atoms with E-state index in [1.807, 2.05) is 97.1 Å². The van der Waals surface area contributed by atoms with Crippen LogP contribution in [0.3, 0.4) is 0 Å². The molecule has 0 radical (unpaired) electrons. The van der Waals surface area contributed by atoms with Crippen molar-refractivity contribution in [2.24, 2.45) is 0 Å². The molecule has 0 aliphatic heterocycles. The van der Waals surface area contributed by atoms with Gasteiger partial charge in [-0.2, -0.15) is 0 Å². The summed E-state index contributed by atoms with van der Waals surface area (Å²) in [5, 5.41) is 5.66. The van der Waals surface area contributed by atoms with Crippen molar-refractivity contribution in [1.82, 2.24) is 0 Å². The van der Waals surface area contributed by atoms with Crippen molar-refractivity contribution in [3.63, 3.8) is 0 Å². The number of hydrogen-bond donors (Lipinski definition) is 0. The Labute approximate surface area is 267 Å². The first-order valence-corrected chi connectivity index (χ1v) is 15.1. The summed E-state index contributed by atoms with van der Waals surface area (Å²) in [6, 6.07) is 48.0. The first kappa shape index (κ1) is 21.7. The molecule has 1 heteroatoms. The van der Waals surface area contributed by atoms with Gasteiger partial charge in [0.15, 0.2) is 0 Å². The molecule has 0 spiro atoms. The molecule has 1 aromatic heterocycles. The monoisotopic (exact) mass is 576 g/mol. The number of fused-ring (bicyclic) bond motifs is 5. The van der Waals surface area contributed by atoms with Crippen LogP contribution in [0.25, 0.3) is 88.0 Å². The highest BCUT2D eigenvalue weighted by Gasteiger charge is 2.16. The Morgan fingerprint density at radius 2 is 0.711 bits per heavy atom. The maximum Gasteiger partial charge on any atom is 0.136 e. The van der Waals surface area contributed by atoms with Crippen LogP contribution in [0.4, 0.5) is 0 Å². The Kier molecular flexibility index (Phi) is 5.00. The standard InChI is InChI=1S/C44H28O/c1-3-11-29(12-4-1)33-23-25-35-36-26-24-34(28-42(36)45-41(35)27-33)30-19-21-32(22-20-30)44-39-17-9-7-15-37(39)43(31-13-5-2-6-14-31)38-16-8-10-18-40(38)44/h1-28H/i19D,20D,21D,22D. The fraction of sp³-hybridized carbons (Fsp3) is 0. The van der Waals surface area contributed by atoms with Gasteiger partial charge in [0.1, 0.15) is 11.2 Å². The Hall–Kier alpha value is -5.92. The summed E-state index contributed by atoms with van der Waals surface area (Å²) in [6.45, 7) is 0. The summed E-state index contributed by atoms with van der Waals surface area (Å²) in [7, 11) is 0. The minimum absolute atomic E-state index is 0.0732. The van der Waals surface area contributed by atoms with Crippen LogP contribution in [-0.2, 0) is 0 Å². The molecule has 0 aliphatic rings. The molecule has 1 nitrogen and oxygen atoms in total. The molecule has 210 valence electrons. The third-order valence-corrected chi connectivity index (χ3v) is 8.74. The van der Waals surface area contributed by atoms with Crippen molar-refractivity contribution < 1.29 is 9.90 Å². The molecule has 45 heavy (non-hydrogen) atoms. The van der Waals surface area contributed by atoms with Crippen LogP contribution >= 0.6 is 0 Å². The lowest BCUT2D eigenvalue weighted by molar-refractivity contribution is 0.669. The van der Waals surface area contributed by atoms with E-state index in [4.69, 9.17) is 4.42 Å². The zero-order chi connectivity index (χ0) is 33.2. The quantitative estimate of drug-likeness (QED) is 0.190. The maximum atomic E-state index is 9.37. The number of rotatable bonds is 4. The predicted molar refractivity (Wildman–Crippen MR) is 190 cm³/mol. The smallest absolute Gasteiger partial charge is 0.136 e. The molecule has 0 atom stereocenters. The van der Waals surface area contributed by atoms with Gasteiger partial charge >= 0.3 is 0 Å². The highest BCUT2D eigenvalue weighted by atomic mass is 16.3. The molecule has 0 aliphatic carbocycles. The van der Waals surface area contributed by atoms with Gasteiger partial charge in [-0.05, 0) is 90.3 Å². The zero-order valence-electron chi connectivity index (χ0n) is 28.3. The van der Waals surface area contributed by atoms with E-state index in [1.165, 1.54) is 0 Å².